The van der Waals surface area contributed by atoms with E-state index in [1.54, 1.807) is 43.3 Å². The van der Waals surface area contributed by atoms with Gasteiger partial charge in [0.25, 0.3) is 0 Å². The van der Waals surface area contributed by atoms with Crippen LogP contribution in [0.5, 0.6) is 0 Å². The van der Waals surface area contributed by atoms with Gasteiger partial charge in [0.2, 0.25) is 5.91 Å². The van der Waals surface area contributed by atoms with Crippen LogP contribution < -0.4 is 14.9 Å². The molecule has 3 atom stereocenters. The van der Waals surface area contributed by atoms with Gasteiger partial charge in [-0.15, -0.1) is 0 Å². The second kappa shape index (κ2) is 10.6. The number of amides is 1. The van der Waals surface area contributed by atoms with Gasteiger partial charge in [-0.3, -0.25) is 13.3 Å². The van der Waals surface area contributed by atoms with Gasteiger partial charge < -0.3 is 24.8 Å². The van der Waals surface area contributed by atoms with Gasteiger partial charge in [-0.25, -0.2) is 19.2 Å². The number of carbonyl (C=O) groups excluding carboxylic acids is 2. The standard InChI is InChI=1S/C24H27FN6O5S/c1-29(2)21-5-4-16(13-28-21)31(37(34)35)19-7-9-30(23(19)32)20(24(33)36-3)11-15-10-14-6-8-27-22(26)17(14)12-18(15)25/h4-6,8,10,12-13,19-20H,7,9,11H2,1-3H3,(H2,26,27)(H,34,35)/p-1/t19-,20+/m0/s1. The zero-order valence-corrected chi connectivity index (χ0v) is 21.3. The molecule has 0 radical (unpaired) electrons. The molecule has 1 aliphatic heterocycles. The van der Waals surface area contributed by atoms with Gasteiger partial charge in [0.1, 0.15) is 29.5 Å². The van der Waals surface area contributed by atoms with Crippen molar-refractivity contribution < 1.29 is 27.5 Å². The molecule has 1 amide bonds. The van der Waals surface area contributed by atoms with Crippen molar-refractivity contribution in [3.8, 4) is 0 Å². The third-order valence-electron chi connectivity index (χ3n) is 6.33. The summed E-state index contributed by atoms with van der Waals surface area (Å²) in [6, 6.07) is 5.38. The number of methoxy groups -OCH3 is 1. The van der Waals surface area contributed by atoms with Crippen molar-refractivity contribution in [3.63, 3.8) is 0 Å². The van der Waals surface area contributed by atoms with E-state index in [9.17, 15) is 22.7 Å². The van der Waals surface area contributed by atoms with Crippen LogP contribution in [0.4, 0.5) is 21.7 Å². The lowest BCUT2D eigenvalue weighted by atomic mass is 10.0. The van der Waals surface area contributed by atoms with Crippen LogP contribution in [0.25, 0.3) is 10.8 Å². The van der Waals surface area contributed by atoms with Crippen LogP contribution >= 0.6 is 0 Å². The van der Waals surface area contributed by atoms with Crippen LogP contribution in [0.15, 0.2) is 42.7 Å². The Bertz CT molecular complexity index is 1360. The molecule has 2 aromatic heterocycles. The SMILES string of the molecule is COC(=O)[C@@H](Cc1cc2ccnc(N)c2cc1F)N1CC[C@H](N(c2ccc(N(C)C)nc2)S(=O)[O-])C1=O. The molecular weight excluding hydrogens is 503 g/mol. The minimum atomic E-state index is -2.79. The van der Waals surface area contributed by atoms with Gasteiger partial charge in [-0.1, -0.05) is 0 Å². The topological polar surface area (TPSA) is 145 Å². The number of rotatable bonds is 8. The average molecular weight is 530 g/mol. The maximum Gasteiger partial charge on any atom is 0.328 e. The normalized spacial score (nSPS) is 17.1. The summed E-state index contributed by atoms with van der Waals surface area (Å²) in [5.41, 5.74) is 6.22. The Labute approximate surface area is 215 Å². The number of halogens is 1. The van der Waals surface area contributed by atoms with E-state index in [4.69, 9.17) is 10.5 Å². The molecule has 4 rings (SSSR count). The summed E-state index contributed by atoms with van der Waals surface area (Å²) in [5, 5.41) is 1.05. The summed E-state index contributed by atoms with van der Waals surface area (Å²) in [4.78, 5) is 37.4. The van der Waals surface area contributed by atoms with Crippen LogP contribution in [-0.4, -0.2) is 75.3 Å². The zero-order valence-electron chi connectivity index (χ0n) is 20.5. The number of nitrogens with two attached hydrogens (primary N) is 1. The van der Waals surface area contributed by atoms with E-state index in [0.717, 1.165) is 4.31 Å². The number of aromatic nitrogens is 2. The Kier molecular flexibility index (Phi) is 7.55. The van der Waals surface area contributed by atoms with Crippen molar-refractivity contribution in [1.82, 2.24) is 14.9 Å². The zero-order chi connectivity index (χ0) is 26.9. The molecule has 0 spiro atoms. The van der Waals surface area contributed by atoms with Crippen LogP contribution in [0.1, 0.15) is 12.0 Å². The van der Waals surface area contributed by atoms with Gasteiger partial charge >= 0.3 is 5.97 Å². The molecule has 37 heavy (non-hydrogen) atoms. The minimum Gasteiger partial charge on any atom is -0.755 e. The third kappa shape index (κ3) is 5.18. The van der Waals surface area contributed by atoms with E-state index in [0.29, 0.717) is 16.6 Å². The highest BCUT2D eigenvalue weighted by Gasteiger charge is 2.43. The number of nitrogens with zero attached hydrogens (tertiary/aromatic N) is 5. The highest BCUT2D eigenvalue weighted by atomic mass is 32.2. The minimum absolute atomic E-state index is 0.0756. The van der Waals surface area contributed by atoms with Crippen LogP contribution in [-0.2, 0) is 32.0 Å². The predicted octanol–water partition coefficient (Wildman–Crippen LogP) is 1.40. The Morgan fingerprint density at radius 1 is 1.32 bits per heavy atom. The number of likely N-dealkylation sites (tertiary alicyclic amines) is 1. The van der Waals surface area contributed by atoms with Crippen molar-refractivity contribution >= 4 is 51.2 Å². The van der Waals surface area contributed by atoms with Crippen molar-refractivity contribution in [1.29, 1.82) is 0 Å². The molecule has 2 N–H and O–H groups in total. The Morgan fingerprint density at radius 2 is 2.08 bits per heavy atom. The number of esters is 1. The van der Waals surface area contributed by atoms with Crippen LogP contribution in [0.2, 0.25) is 0 Å². The number of pyridine rings is 2. The highest BCUT2D eigenvalue weighted by molar-refractivity contribution is 7.80. The van der Waals surface area contributed by atoms with Gasteiger partial charge in [-0.2, -0.15) is 0 Å². The lowest BCUT2D eigenvalue weighted by Gasteiger charge is -2.32. The van der Waals surface area contributed by atoms with E-state index in [2.05, 4.69) is 9.97 Å². The second-order valence-corrected chi connectivity index (χ2v) is 9.58. The van der Waals surface area contributed by atoms with Crippen LogP contribution in [0, 0.1) is 5.82 Å². The molecular formula is C24H26FN6O5S-. The fourth-order valence-electron chi connectivity index (χ4n) is 4.44. The Balaban J connectivity index is 1.63. The number of hydrogen-bond acceptors (Lipinski definition) is 9. The second-order valence-electron chi connectivity index (χ2n) is 8.75. The largest absolute Gasteiger partial charge is 0.755 e. The fourth-order valence-corrected chi connectivity index (χ4v) is 5.13. The van der Waals surface area contributed by atoms with E-state index in [1.807, 2.05) is 0 Å². The van der Waals surface area contributed by atoms with Crippen molar-refractivity contribution in [2.75, 3.05) is 42.7 Å². The molecule has 0 bridgehead atoms. The van der Waals surface area contributed by atoms with Gasteiger partial charge in [0.15, 0.2) is 0 Å². The number of fused-ring (bicyclic) bond motifs is 1. The smallest absolute Gasteiger partial charge is 0.328 e. The summed E-state index contributed by atoms with van der Waals surface area (Å²) in [7, 11) is 4.76. The van der Waals surface area contributed by atoms with Crippen LogP contribution in [0.3, 0.4) is 0 Å². The molecule has 3 heterocycles. The van der Waals surface area contributed by atoms with Crippen molar-refractivity contribution in [3.05, 3.63) is 54.1 Å². The first-order chi connectivity index (χ1) is 17.6. The number of carbonyl (C=O) groups is 2. The summed E-state index contributed by atoms with van der Waals surface area (Å²) in [6.07, 6.45) is 2.81. The van der Waals surface area contributed by atoms with Crippen molar-refractivity contribution in [2.45, 2.75) is 24.9 Å². The summed E-state index contributed by atoms with van der Waals surface area (Å²) < 4.78 is 45.2. The molecule has 13 heteroatoms. The molecule has 11 nitrogen and oxygen atoms in total. The summed E-state index contributed by atoms with van der Waals surface area (Å²) in [6.45, 7) is 0.0756. The first kappa shape index (κ1) is 26.2. The quantitative estimate of drug-likeness (QED) is 0.338. The first-order valence-electron chi connectivity index (χ1n) is 11.3. The van der Waals surface area contributed by atoms with E-state index in [-0.39, 0.29) is 36.5 Å². The van der Waals surface area contributed by atoms with Crippen molar-refractivity contribution in [2.24, 2.45) is 0 Å². The maximum absolute atomic E-state index is 15.0. The first-order valence-corrected chi connectivity index (χ1v) is 12.4. The average Bonchev–Trinajstić information content (AvgIpc) is 3.23. The number of anilines is 3. The summed E-state index contributed by atoms with van der Waals surface area (Å²) >= 11 is -2.79. The monoisotopic (exact) mass is 529 g/mol. The van der Waals surface area contributed by atoms with E-state index < -0.39 is 41.0 Å². The number of ether oxygens (including phenoxy) is 1. The number of nitrogen functional groups attached to an aromatic ring is 1. The molecule has 1 aliphatic rings. The molecule has 0 saturated carbocycles. The number of benzene rings is 1. The maximum atomic E-state index is 15.0. The molecule has 1 aromatic carbocycles. The lowest BCUT2D eigenvalue weighted by Crippen LogP contribution is -2.49. The summed E-state index contributed by atoms with van der Waals surface area (Å²) in [5.74, 6) is -1.16. The molecule has 0 aliphatic carbocycles. The van der Waals surface area contributed by atoms with Gasteiger partial charge in [0.05, 0.1) is 19.0 Å². The van der Waals surface area contributed by atoms with Gasteiger partial charge in [0, 0.05) is 49.9 Å². The molecule has 3 aromatic rings. The van der Waals surface area contributed by atoms with Gasteiger partial charge in [-0.05, 0) is 47.7 Å². The molecule has 1 unspecified atom stereocenters. The Hall–Kier alpha value is -3.84. The highest BCUT2D eigenvalue weighted by Crippen LogP contribution is 2.29. The van der Waals surface area contributed by atoms with E-state index >= 15 is 0 Å². The Morgan fingerprint density at radius 3 is 2.70 bits per heavy atom. The lowest BCUT2D eigenvalue weighted by molar-refractivity contribution is -0.151. The fraction of sp³-hybridized carbons (Fsp3) is 0.333. The molecule has 196 valence electrons. The third-order valence-corrected chi connectivity index (χ3v) is 7.11. The molecule has 1 saturated heterocycles. The predicted molar refractivity (Wildman–Crippen MR) is 136 cm³/mol. The number of hydrogen-bond donors (Lipinski definition) is 1. The molecule has 1 fully saturated rings. The van der Waals surface area contributed by atoms with E-state index in [1.165, 1.54) is 30.5 Å².